The standard InChI is InChI=1S/C23H28NO5P/c1-4-7-18-24(17-5-2)30(26,28-19-23(25)27-6-3)22-15-13-21(14-16-22)29-20-11-9-8-10-12-20/h4-5,8-16H,1-2,6-7,17-19H2,3H3. The molecule has 0 saturated heterocycles. The highest BCUT2D eigenvalue weighted by Gasteiger charge is 2.34. The highest BCUT2D eigenvalue weighted by atomic mass is 31.2. The highest BCUT2D eigenvalue weighted by Crippen LogP contribution is 2.50. The van der Waals surface area contributed by atoms with Crippen LogP contribution in [0.25, 0.3) is 0 Å². The van der Waals surface area contributed by atoms with Gasteiger partial charge in [0.1, 0.15) is 11.5 Å². The van der Waals surface area contributed by atoms with E-state index in [0.29, 0.717) is 36.3 Å². The van der Waals surface area contributed by atoms with Crippen molar-refractivity contribution in [2.45, 2.75) is 13.3 Å². The van der Waals surface area contributed by atoms with Crippen molar-refractivity contribution in [2.75, 3.05) is 26.3 Å². The number of hydrogen-bond donors (Lipinski definition) is 0. The third-order valence-corrected chi connectivity index (χ3v) is 6.65. The molecule has 0 radical (unpaired) electrons. The molecule has 0 aromatic heterocycles. The van der Waals surface area contributed by atoms with Gasteiger partial charge in [-0.3, -0.25) is 4.57 Å². The second kappa shape index (κ2) is 12.1. The normalized spacial score (nSPS) is 12.7. The van der Waals surface area contributed by atoms with Crippen LogP contribution in [0, 0.1) is 0 Å². The Balaban J connectivity index is 2.29. The number of benzene rings is 2. The summed E-state index contributed by atoms with van der Waals surface area (Å²) in [6, 6.07) is 16.2. The molecular weight excluding hydrogens is 401 g/mol. The molecule has 2 aromatic rings. The fourth-order valence-electron chi connectivity index (χ4n) is 2.71. The number of carbonyl (C=O) groups is 1. The molecule has 0 saturated carbocycles. The molecule has 7 heteroatoms. The molecule has 1 atom stereocenters. The Labute approximate surface area is 178 Å². The first-order valence-electron chi connectivity index (χ1n) is 9.74. The van der Waals surface area contributed by atoms with Crippen molar-refractivity contribution in [3.8, 4) is 11.5 Å². The zero-order chi connectivity index (χ0) is 21.8. The predicted octanol–water partition coefficient (Wildman–Crippen LogP) is 4.94. The molecule has 0 aliphatic rings. The molecule has 0 amide bonds. The minimum Gasteiger partial charge on any atom is -0.464 e. The first kappa shape index (κ1) is 23.6. The minimum absolute atomic E-state index is 0.227. The molecular formula is C23H28NO5P. The van der Waals surface area contributed by atoms with Crippen molar-refractivity contribution >= 4 is 18.8 Å². The van der Waals surface area contributed by atoms with E-state index in [1.54, 1.807) is 48.0 Å². The number of carbonyl (C=O) groups excluding carboxylic acids is 1. The van der Waals surface area contributed by atoms with E-state index >= 15 is 0 Å². The van der Waals surface area contributed by atoms with E-state index in [4.69, 9.17) is 14.0 Å². The lowest BCUT2D eigenvalue weighted by Gasteiger charge is -2.30. The average Bonchev–Trinajstić information content (AvgIpc) is 2.76. The molecule has 0 N–H and O–H groups in total. The zero-order valence-electron chi connectivity index (χ0n) is 17.2. The summed E-state index contributed by atoms with van der Waals surface area (Å²) in [7, 11) is -3.55. The Morgan fingerprint density at radius 3 is 2.30 bits per heavy atom. The first-order chi connectivity index (χ1) is 14.5. The van der Waals surface area contributed by atoms with Crippen molar-refractivity contribution in [1.29, 1.82) is 0 Å². The lowest BCUT2D eigenvalue weighted by Crippen LogP contribution is -2.30. The molecule has 1 unspecified atom stereocenters. The van der Waals surface area contributed by atoms with Crippen LogP contribution >= 0.6 is 7.52 Å². The second-order valence-corrected chi connectivity index (χ2v) is 8.67. The second-order valence-electron chi connectivity index (χ2n) is 6.29. The Hall–Kier alpha value is -2.66. The van der Waals surface area contributed by atoms with Gasteiger partial charge < -0.3 is 14.0 Å². The molecule has 0 heterocycles. The van der Waals surface area contributed by atoms with E-state index < -0.39 is 20.1 Å². The van der Waals surface area contributed by atoms with Gasteiger partial charge in [-0.2, -0.15) is 0 Å². The smallest absolute Gasteiger partial charge is 0.332 e. The molecule has 2 rings (SSSR count). The van der Waals surface area contributed by atoms with Crippen LogP contribution in [0.3, 0.4) is 0 Å². The van der Waals surface area contributed by atoms with Crippen molar-refractivity contribution in [3.05, 3.63) is 79.9 Å². The molecule has 0 bridgehead atoms. The van der Waals surface area contributed by atoms with E-state index in [0.717, 1.165) is 0 Å². The lowest BCUT2D eigenvalue weighted by atomic mass is 10.3. The van der Waals surface area contributed by atoms with E-state index in [1.165, 1.54) is 0 Å². The quantitative estimate of drug-likeness (QED) is 0.255. The van der Waals surface area contributed by atoms with E-state index in [2.05, 4.69) is 13.2 Å². The molecule has 0 fully saturated rings. The fraction of sp³-hybridized carbons (Fsp3) is 0.261. The number of rotatable bonds is 13. The van der Waals surface area contributed by atoms with Gasteiger partial charge in [0, 0.05) is 13.1 Å². The van der Waals surface area contributed by atoms with Crippen LogP contribution in [0.5, 0.6) is 11.5 Å². The maximum Gasteiger partial charge on any atom is 0.332 e. The molecule has 2 aromatic carbocycles. The maximum atomic E-state index is 14.0. The number of nitrogens with zero attached hydrogens (tertiary/aromatic N) is 1. The third kappa shape index (κ3) is 6.70. The third-order valence-electron chi connectivity index (χ3n) is 4.11. The van der Waals surface area contributed by atoms with Crippen molar-refractivity contribution in [3.63, 3.8) is 0 Å². The SMILES string of the molecule is C=CCCN(CC=C)P(=O)(OCC(=O)OCC)c1ccc(Oc2ccccc2)cc1. The maximum absolute atomic E-state index is 14.0. The number of para-hydroxylation sites is 1. The van der Waals surface area contributed by atoms with Gasteiger partial charge in [0.15, 0.2) is 6.61 Å². The Kier molecular flexibility index (Phi) is 9.55. The van der Waals surface area contributed by atoms with Crippen molar-refractivity contribution < 1.29 is 23.4 Å². The summed E-state index contributed by atoms with van der Waals surface area (Å²) in [6.45, 7) is 9.77. The van der Waals surface area contributed by atoms with Crippen molar-refractivity contribution in [1.82, 2.24) is 4.67 Å². The van der Waals surface area contributed by atoms with Gasteiger partial charge in [-0.1, -0.05) is 30.4 Å². The van der Waals surface area contributed by atoms with Gasteiger partial charge in [0.25, 0.3) is 0 Å². The molecule has 0 aliphatic carbocycles. The van der Waals surface area contributed by atoms with Gasteiger partial charge in [-0.05, 0) is 49.7 Å². The summed E-state index contributed by atoms with van der Waals surface area (Å²) in [4.78, 5) is 11.8. The van der Waals surface area contributed by atoms with Crippen LogP contribution in [0.4, 0.5) is 0 Å². The monoisotopic (exact) mass is 429 g/mol. The molecule has 160 valence electrons. The Bertz CT molecular complexity index is 867. The minimum atomic E-state index is -3.55. The summed E-state index contributed by atoms with van der Waals surface area (Å²) in [5.74, 6) is 0.735. The number of ether oxygens (including phenoxy) is 2. The zero-order valence-corrected chi connectivity index (χ0v) is 18.1. The van der Waals surface area contributed by atoms with Crippen LogP contribution in [-0.4, -0.2) is 36.9 Å². The van der Waals surface area contributed by atoms with Gasteiger partial charge in [-0.15, -0.1) is 13.2 Å². The first-order valence-corrected chi connectivity index (χ1v) is 11.3. The van der Waals surface area contributed by atoms with Crippen LogP contribution < -0.4 is 10.0 Å². The molecule has 30 heavy (non-hydrogen) atoms. The summed E-state index contributed by atoms with van der Waals surface area (Å²) in [6.07, 6.45) is 3.99. The highest BCUT2D eigenvalue weighted by molar-refractivity contribution is 7.64. The Morgan fingerprint density at radius 1 is 1.03 bits per heavy atom. The number of esters is 1. The summed E-state index contributed by atoms with van der Waals surface area (Å²) in [5.41, 5.74) is 0. The predicted molar refractivity (Wildman–Crippen MR) is 119 cm³/mol. The average molecular weight is 429 g/mol. The van der Waals surface area contributed by atoms with Crippen LogP contribution in [0.15, 0.2) is 79.9 Å². The lowest BCUT2D eigenvalue weighted by molar-refractivity contribution is -0.145. The Morgan fingerprint density at radius 2 is 1.70 bits per heavy atom. The molecule has 6 nitrogen and oxygen atoms in total. The van der Waals surface area contributed by atoms with E-state index in [1.807, 2.05) is 30.3 Å². The van der Waals surface area contributed by atoms with Crippen LogP contribution in [-0.2, 0) is 18.6 Å². The largest absolute Gasteiger partial charge is 0.464 e. The van der Waals surface area contributed by atoms with E-state index in [-0.39, 0.29) is 6.61 Å². The number of hydrogen-bond acceptors (Lipinski definition) is 5. The van der Waals surface area contributed by atoms with Crippen LogP contribution in [0.1, 0.15) is 13.3 Å². The molecule has 0 aliphatic heterocycles. The van der Waals surface area contributed by atoms with Crippen LogP contribution in [0.2, 0.25) is 0 Å². The summed E-state index contributed by atoms with van der Waals surface area (Å²) < 4.78 is 32.0. The topological polar surface area (TPSA) is 65.1 Å². The molecule has 0 spiro atoms. The van der Waals surface area contributed by atoms with Gasteiger partial charge in [-0.25, -0.2) is 9.46 Å². The fourth-order valence-corrected chi connectivity index (χ4v) is 4.86. The summed E-state index contributed by atoms with van der Waals surface area (Å²) in [5, 5.41) is 0.457. The van der Waals surface area contributed by atoms with Gasteiger partial charge >= 0.3 is 13.5 Å². The van der Waals surface area contributed by atoms with Gasteiger partial charge in [0.05, 0.1) is 11.9 Å². The summed E-state index contributed by atoms with van der Waals surface area (Å²) >= 11 is 0. The van der Waals surface area contributed by atoms with Gasteiger partial charge in [0.2, 0.25) is 0 Å². The van der Waals surface area contributed by atoms with Crippen molar-refractivity contribution in [2.24, 2.45) is 0 Å². The van der Waals surface area contributed by atoms with E-state index in [9.17, 15) is 9.36 Å².